The Labute approximate surface area is 146 Å². The Hall–Kier alpha value is -1.96. The number of likely N-dealkylation sites (tertiary alicyclic amines) is 1. The number of fused-ring (bicyclic) bond motifs is 2. The summed E-state index contributed by atoms with van der Waals surface area (Å²) in [6, 6.07) is 9.53. The van der Waals surface area contributed by atoms with E-state index in [9.17, 15) is 14.7 Å². The first-order chi connectivity index (χ1) is 12.2. The molecule has 1 aromatic carbocycles. The van der Waals surface area contributed by atoms with E-state index in [1.165, 1.54) is 0 Å². The van der Waals surface area contributed by atoms with Gasteiger partial charge in [-0.3, -0.25) is 9.59 Å². The summed E-state index contributed by atoms with van der Waals surface area (Å²) in [7, 11) is 0. The fourth-order valence-corrected chi connectivity index (χ4v) is 3.84. The van der Waals surface area contributed by atoms with Crippen molar-refractivity contribution in [2.45, 2.75) is 43.9 Å². The third-order valence-electron chi connectivity index (χ3n) is 5.13. The molecule has 2 bridgehead atoms. The van der Waals surface area contributed by atoms with E-state index in [-0.39, 0.29) is 24.5 Å². The van der Waals surface area contributed by atoms with Crippen molar-refractivity contribution in [1.82, 2.24) is 9.80 Å². The molecule has 7 heteroatoms. The average molecular weight is 346 g/mol. The van der Waals surface area contributed by atoms with Crippen LogP contribution in [-0.4, -0.2) is 71.0 Å². The first kappa shape index (κ1) is 16.5. The van der Waals surface area contributed by atoms with Crippen molar-refractivity contribution in [2.75, 3.05) is 19.7 Å². The molecule has 25 heavy (non-hydrogen) atoms. The second-order valence-electron chi connectivity index (χ2n) is 6.76. The van der Waals surface area contributed by atoms with Crippen molar-refractivity contribution in [3.8, 4) is 0 Å². The molecule has 3 aliphatic rings. The van der Waals surface area contributed by atoms with Crippen LogP contribution in [0.25, 0.3) is 0 Å². The van der Waals surface area contributed by atoms with E-state index in [1.807, 2.05) is 30.3 Å². The van der Waals surface area contributed by atoms with Gasteiger partial charge in [0.2, 0.25) is 0 Å². The molecule has 0 aliphatic carbocycles. The van der Waals surface area contributed by atoms with Crippen molar-refractivity contribution in [2.24, 2.45) is 0 Å². The topological polar surface area (TPSA) is 79.3 Å². The summed E-state index contributed by atoms with van der Waals surface area (Å²) in [6.45, 7) is 1.31. The van der Waals surface area contributed by atoms with Crippen molar-refractivity contribution in [3.63, 3.8) is 0 Å². The molecule has 7 nitrogen and oxygen atoms in total. The van der Waals surface area contributed by atoms with E-state index in [0.29, 0.717) is 19.6 Å². The number of aliphatic hydroxyl groups excluding tert-OH is 1. The first-order valence-electron chi connectivity index (χ1n) is 8.72. The number of morpholine rings is 1. The van der Waals surface area contributed by atoms with Crippen LogP contribution in [0.5, 0.6) is 0 Å². The van der Waals surface area contributed by atoms with Gasteiger partial charge in [-0.15, -0.1) is 0 Å². The first-order valence-corrected chi connectivity index (χ1v) is 8.72. The number of aliphatic hydroxyl groups is 1. The molecule has 3 aliphatic heterocycles. The summed E-state index contributed by atoms with van der Waals surface area (Å²) in [6.07, 6.45) is -0.749. The van der Waals surface area contributed by atoms with Crippen LogP contribution >= 0.6 is 0 Å². The summed E-state index contributed by atoms with van der Waals surface area (Å²) in [4.78, 5) is 28.9. The Bertz CT molecular complexity index is 652. The van der Waals surface area contributed by atoms with E-state index in [4.69, 9.17) is 9.47 Å². The van der Waals surface area contributed by atoms with Crippen molar-refractivity contribution < 1.29 is 24.2 Å². The quantitative estimate of drug-likeness (QED) is 0.838. The molecule has 4 atom stereocenters. The maximum atomic E-state index is 12.8. The molecule has 0 saturated carbocycles. The number of rotatable bonds is 4. The van der Waals surface area contributed by atoms with Crippen LogP contribution in [0.4, 0.5) is 0 Å². The molecule has 1 aromatic rings. The molecule has 3 heterocycles. The maximum absolute atomic E-state index is 12.8. The number of carbonyl (C=O) groups excluding carboxylic acids is 2. The third kappa shape index (κ3) is 3.03. The molecule has 1 N–H and O–H groups in total. The second kappa shape index (κ2) is 6.74. The van der Waals surface area contributed by atoms with Gasteiger partial charge >= 0.3 is 0 Å². The Morgan fingerprint density at radius 1 is 1.24 bits per heavy atom. The van der Waals surface area contributed by atoms with E-state index < -0.39 is 18.5 Å². The van der Waals surface area contributed by atoms with Gasteiger partial charge in [-0.05, 0) is 18.4 Å². The molecule has 0 radical (unpaired) electrons. The molecular weight excluding hydrogens is 324 g/mol. The highest BCUT2D eigenvalue weighted by atomic mass is 16.7. The predicted molar refractivity (Wildman–Crippen MR) is 87.2 cm³/mol. The molecule has 3 saturated heterocycles. The second-order valence-corrected chi connectivity index (χ2v) is 6.76. The van der Waals surface area contributed by atoms with Crippen LogP contribution in [-0.2, 0) is 25.6 Å². The molecular formula is C18H22N2O5. The normalized spacial score (nSPS) is 31.6. The highest BCUT2D eigenvalue weighted by Gasteiger charge is 2.52. The zero-order valence-electron chi connectivity index (χ0n) is 13.9. The van der Waals surface area contributed by atoms with Crippen molar-refractivity contribution in [1.29, 1.82) is 0 Å². The van der Waals surface area contributed by atoms with E-state index in [0.717, 1.165) is 18.4 Å². The number of nitrogens with zero attached hydrogens (tertiary/aromatic N) is 2. The zero-order chi connectivity index (χ0) is 17.4. The molecule has 3 fully saturated rings. The lowest BCUT2D eigenvalue weighted by molar-refractivity contribution is -0.162. The van der Waals surface area contributed by atoms with Crippen LogP contribution in [0.2, 0.25) is 0 Å². The zero-order valence-corrected chi connectivity index (χ0v) is 13.9. The minimum atomic E-state index is -0.912. The fraction of sp³-hybridized carbons (Fsp3) is 0.556. The molecule has 0 aromatic heterocycles. The lowest BCUT2D eigenvalue weighted by atomic mass is 10.1. The van der Waals surface area contributed by atoms with Gasteiger partial charge in [-0.1, -0.05) is 30.3 Å². The van der Waals surface area contributed by atoms with Gasteiger partial charge in [-0.25, -0.2) is 0 Å². The Balaban J connectivity index is 1.47. The van der Waals surface area contributed by atoms with Crippen LogP contribution in [0.3, 0.4) is 0 Å². The monoisotopic (exact) mass is 346 g/mol. The average Bonchev–Trinajstić information content (AvgIpc) is 3.25. The molecule has 0 unspecified atom stereocenters. The minimum Gasteiger partial charge on any atom is -0.394 e. The Kier molecular flexibility index (Phi) is 4.45. The maximum Gasteiger partial charge on any atom is 0.255 e. The van der Waals surface area contributed by atoms with Gasteiger partial charge in [0.1, 0.15) is 0 Å². The lowest BCUT2D eigenvalue weighted by Crippen LogP contribution is -2.52. The Morgan fingerprint density at radius 2 is 2.04 bits per heavy atom. The highest BCUT2D eigenvalue weighted by Crippen LogP contribution is 2.30. The largest absolute Gasteiger partial charge is 0.394 e. The summed E-state index contributed by atoms with van der Waals surface area (Å²) in [5.41, 5.74) is 1.03. The number of carbonyl (C=O) groups is 2. The third-order valence-corrected chi connectivity index (χ3v) is 5.13. The molecule has 4 rings (SSSR count). The van der Waals surface area contributed by atoms with Gasteiger partial charge in [0, 0.05) is 13.1 Å². The van der Waals surface area contributed by atoms with Gasteiger partial charge < -0.3 is 24.4 Å². The van der Waals surface area contributed by atoms with E-state index in [1.54, 1.807) is 9.80 Å². The number of hydrogen-bond acceptors (Lipinski definition) is 5. The van der Waals surface area contributed by atoms with E-state index in [2.05, 4.69) is 0 Å². The smallest absolute Gasteiger partial charge is 0.255 e. The summed E-state index contributed by atoms with van der Waals surface area (Å²) >= 11 is 0. The molecule has 134 valence electrons. The molecule has 2 amide bonds. The van der Waals surface area contributed by atoms with Crippen LogP contribution in [0.1, 0.15) is 18.4 Å². The fourth-order valence-electron chi connectivity index (χ4n) is 3.84. The predicted octanol–water partition coefficient (Wildman–Crippen LogP) is 0.122. The van der Waals surface area contributed by atoms with Crippen molar-refractivity contribution >= 4 is 11.8 Å². The summed E-state index contributed by atoms with van der Waals surface area (Å²) in [5, 5.41) is 9.43. The van der Waals surface area contributed by atoms with E-state index >= 15 is 0 Å². The van der Waals surface area contributed by atoms with Crippen LogP contribution in [0, 0.1) is 0 Å². The summed E-state index contributed by atoms with van der Waals surface area (Å²) in [5.74, 6) is -0.463. The standard InChI is InChI=1S/C18H22N2O5/c21-11-13-7-4-8-20(13)18(23)16-15-17(22)19(10-14(24-15)25-16)9-12-5-2-1-3-6-12/h1-3,5-6,13-16,21H,4,7-11H2/t13-,14-,15+,16-/m1/s1. The SMILES string of the molecule is O=C1[C@H]2O[C@@H](CN1Cc1ccccc1)O[C@H]2C(=O)N1CCC[C@@H]1CO. The number of amides is 2. The number of ether oxygens (including phenoxy) is 2. The highest BCUT2D eigenvalue weighted by molar-refractivity contribution is 5.92. The molecule has 0 spiro atoms. The van der Waals surface area contributed by atoms with Gasteiger partial charge in [-0.2, -0.15) is 0 Å². The van der Waals surface area contributed by atoms with Crippen LogP contribution < -0.4 is 0 Å². The van der Waals surface area contributed by atoms with Gasteiger partial charge in [0.25, 0.3) is 11.8 Å². The Morgan fingerprint density at radius 3 is 2.80 bits per heavy atom. The number of hydrogen-bond donors (Lipinski definition) is 1. The number of benzene rings is 1. The van der Waals surface area contributed by atoms with Gasteiger partial charge in [0.05, 0.1) is 19.2 Å². The van der Waals surface area contributed by atoms with Crippen LogP contribution in [0.15, 0.2) is 30.3 Å². The van der Waals surface area contributed by atoms with Gasteiger partial charge in [0.15, 0.2) is 18.5 Å². The minimum absolute atomic E-state index is 0.0680. The lowest BCUT2D eigenvalue weighted by Gasteiger charge is -2.31. The summed E-state index contributed by atoms with van der Waals surface area (Å²) < 4.78 is 11.3. The van der Waals surface area contributed by atoms with Crippen molar-refractivity contribution in [3.05, 3.63) is 35.9 Å².